The maximum atomic E-state index is 12.8. The van der Waals surface area contributed by atoms with Crippen molar-refractivity contribution in [3.8, 4) is 0 Å². The number of hydrogen-bond donors (Lipinski definition) is 1. The highest BCUT2D eigenvalue weighted by Gasteiger charge is 2.44. The molecule has 21 heavy (non-hydrogen) atoms. The van der Waals surface area contributed by atoms with E-state index in [-0.39, 0.29) is 6.04 Å². The minimum absolute atomic E-state index is 0.244. The molecule has 2 unspecified atom stereocenters. The molecular formula is C16H22N2O2S. The average molecular weight is 306 g/mol. The molecule has 0 aromatic heterocycles. The summed E-state index contributed by atoms with van der Waals surface area (Å²) in [6, 6.07) is 8.33. The SMILES string of the molecule is O=S(=O)(c1cccc(CNC2CC2)c1)N1CC2CCC1C2. The molecule has 1 N–H and O–H groups in total. The Morgan fingerprint density at radius 2 is 2.05 bits per heavy atom. The van der Waals surface area contributed by atoms with Crippen molar-refractivity contribution in [2.75, 3.05) is 6.54 Å². The number of sulfonamides is 1. The minimum atomic E-state index is -3.31. The Morgan fingerprint density at radius 3 is 2.71 bits per heavy atom. The summed E-state index contributed by atoms with van der Waals surface area (Å²) in [5, 5.41) is 3.44. The van der Waals surface area contributed by atoms with E-state index in [1.54, 1.807) is 10.4 Å². The molecule has 0 spiro atoms. The molecule has 2 bridgehead atoms. The third kappa shape index (κ3) is 2.62. The molecule has 2 aliphatic carbocycles. The lowest BCUT2D eigenvalue weighted by Gasteiger charge is -2.26. The van der Waals surface area contributed by atoms with E-state index < -0.39 is 10.0 Å². The summed E-state index contributed by atoms with van der Waals surface area (Å²) in [4.78, 5) is 0.463. The van der Waals surface area contributed by atoms with Crippen LogP contribution in [-0.4, -0.2) is 31.4 Å². The lowest BCUT2D eigenvalue weighted by atomic mass is 10.1. The summed E-state index contributed by atoms with van der Waals surface area (Å²) in [6.07, 6.45) is 5.78. The fourth-order valence-corrected chi connectivity index (χ4v) is 5.49. The minimum Gasteiger partial charge on any atom is -0.310 e. The Bertz CT molecular complexity index is 639. The van der Waals surface area contributed by atoms with Gasteiger partial charge in [-0.25, -0.2) is 8.42 Å². The average Bonchev–Trinajstić information content (AvgIpc) is 3.08. The van der Waals surface area contributed by atoms with Crippen LogP contribution >= 0.6 is 0 Å². The van der Waals surface area contributed by atoms with Crippen molar-refractivity contribution in [2.45, 2.75) is 55.6 Å². The van der Waals surface area contributed by atoms with Gasteiger partial charge in [-0.2, -0.15) is 4.31 Å². The Labute approximate surface area is 126 Å². The summed E-state index contributed by atoms with van der Waals surface area (Å²) in [7, 11) is -3.31. The predicted molar refractivity (Wildman–Crippen MR) is 81.3 cm³/mol. The molecule has 1 aromatic carbocycles. The van der Waals surface area contributed by atoms with Crippen LogP contribution in [0.5, 0.6) is 0 Å². The van der Waals surface area contributed by atoms with Gasteiger partial charge >= 0.3 is 0 Å². The van der Waals surface area contributed by atoms with Crippen molar-refractivity contribution >= 4 is 10.0 Å². The quantitative estimate of drug-likeness (QED) is 0.906. The van der Waals surface area contributed by atoms with E-state index in [4.69, 9.17) is 0 Å². The largest absolute Gasteiger partial charge is 0.310 e. The van der Waals surface area contributed by atoms with E-state index in [0.29, 0.717) is 16.9 Å². The Hall–Kier alpha value is -0.910. The van der Waals surface area contributed by atoms with Crippen molar-refractivity contribution < 1.29 is 8.42 Å². The molecule has 1 heterocycles. The molecule has 2 saturated carbocycles. The molecule has 5 heteroatoms. The normalized spacial score (nSPS) is 29.1. The molecule has 0 amide bonds. The number of rotatable bonds is 5. The van der Waals surface area contributed by atoms with E-state index in [0.717, 1.165) is 31.5 Å². The van der Waals surface area contributed by atoms with Gasteiger partial charge in [0.1, 0.15) is 0 Å². The van der Waals surface area contributed by atoms with Gasteiger partial charge < -0.3 is 5.32 Å². The van der Waals surface area contributed by atoms with Gasteiger partial charge in [-0.3, -0.25) is 0 Å². The highest BCUT2D eigenvalue weighted by Crippen LogP contribution is 2.40. The number of fused-ring (bicyclic) bond motifs is 2. The first kappa shape index (κ1) is 13.7. The second-order valence-electron chi connectivity index (χ2n) is 6.71. The van der Waals surface area contributed by atoms with Gasteiger partial charge in [-0.1, -0.05) is 12.1 Å². The number of nitrogens with one attached hydrogen (secondary N) is 1. The number of benzene rings is 1. The van der Waals surface area contributed by atoms with Crippen LogP contribution in [0.2, 0.25) is 0 Å². The molecule has 1 saturated heterocycles. The zero-order valence-corrected chi connectivity index (χ0v) is 13.0. The van der Waals surface area contributed by atoms with Gasteiger partial charge in [0, 0.05) is 25.2 Å². The van der Waals surface area contributed by atoms with Gasteiger partial charge in [0.05, 0.1) is 4.90 Å². The van der Waals surface area contributed by atoms with Gasteiger partial charge in [0.2, 0.25) is 10.0 Å². The van der Waals surface area contributed by atoms with E-state index in [9.17, 15) is 8.42 Å². The predicted octanol–water partition coefficient (Wildman–Crippen LogP) is 2.11. The van der Waals surface area contributed by atoms with Crippen LogP contribution in [0, 0.1) is 5.92 Å². The smallest absolute Gasteiger partial charge is 0.243 e. The first-order valence-electron chi connectivity index (χ1n) is 7.97. The standard InChI is InChI=1S/C16H22N2O2S/c19-21(20,18-11-13-4-7-15(18)8-13)16-3-1-2-12(9-16)10-17-14-5-6-14/h1-3,9,13-15,17H,4-8,10-11H2. The fraction of sp³-hybridized carbons (Fsp3) is 0.625. The van der Waals surface area contributed by atoms with Crippen LogP contribution in [0.25, 0.3) is 0 Å². The topological polar surface area (TPSA) is 49.4 Å². The fourth-order valence-electron chi connectivity index (χ4n) is 3.67. The number of hydrogen-bond acceptors (Lipinski definition) is 3. The van der Waals surface area contributed by atoms with E-state index in [1.807, 2.05) is 18.2 Å². The summed E-state index contributed by atoms with van der Waals surface area (Å²) in [5.41, 5.74) is 1.06. The maximum Gasteiger partial charge on any atom is 0.243 e. The highest BCUT2D eigenvalue weighted by molar-refractivity contribution is 7.89. The highest BCUT2D eigenvalue weighted by atomic mass is 32.2. The first-order valence-corrected chi connectivity index (χ1v) is 9.41. The van der Waals surface area contributed by atoms with Crippen LogP contribution < -0.4 is 5.32 Å². The summed E-state index contributed by atoms with van der Waals surface area (Å²) < 4.78 is 27.4. The molecule has 0 radical (unpaired) electrons. The van der Waals surface area contributed by atoms with Crippen molar-refractivity contribution in [3.63, 3.8) is 0 Å². The van der Waals surface area contributed by atoms with Crippen molar-refractivity contribution in [1.29, 1.82) is 0 Å². The van der Waals surface area contributed by atoms with Crippen molar-refractivity contribution in [1.82, 2.24) is 9.62 Å². The number of piperidine rings is 1. The summed E-state index contributed by atoms with van der Waals surface area (Å²) in [6.45, 7) is 1.48. The first-order chi connectivity index (χ1) is 10.1. The molecule has 4 rings (SSSR count). The summed E-state index contributed by atoms with van der Waals surface area (Å²) >= 11 is 0. The lowest BCUT2D eigenvalue weighted by Crippen LogP contribution is -2.37. The van der Waals surface area contributed by atoms with E-state index in [1.165, 1.54) is 19.3 Å². The third-order valence-corrected chi connectivity index (χ3v) is 6.95. The zero-order chi connectivity index (χ0) is 14.4. The van der Waals surface area contributed by atoms with E-state index >= 15 is 0 Å². The van der Waals surface area contributed by atoms with Crippen LogP contribution in [0.15, 0.2) is 29.2 Å². The second kappa shape index (κ2) is 5.07. The van der Waals surface area contributed by atoms with Crippen LogP contribution in [0.4, 0.5) is 0 Å². The van der Waals surface area contributed by atoms with Crippen LogP contribution in [0.3, 0.4) is 0 Å². The van der Waals surface area contributed by atoms with Gasteiger partial charge in [0.15, 0.2) is 0 Å². The molecule has 2 atom stereocenters. The van der Waals surface area contributed by atoms with Crippen molar-refractivity contribution in [3.05, 3.63) is 29.8 Å². The number of nitrogens with zero attached hydrogens (tertiary/aromatic N) is 1. The Morgan fingerprint density at radius 1 is 1.19 bits per heavy atom. The maximum absolute atomic E-state index is 12.8. The van der Waals surface area contributed by atoms with Gasteiger partial charge in [0.25, 0.3) is 0 Å². The molecule has 1 aliphatic heterocycles. The lowest BCUT2D eigenvalue weighted by molar-refractivity contribution is 0.333. The van der Waals surface area contributed by atoms with Gasteiger partial charge in [-0.05, 0) is 55.7 Å². The molecule has 3 aliphatic rings. The van der Waals surface area contributed by atoms with Gasteiger partial charge in [-0.15, -0.1) is 0 Å². The summed E-state index contributed by atoms with van der Waals surface area (Å²) in [5.74, 6) is 0.587. The van der Waals surface area contributed by atoms with Crippen LogP contribution in [-0.2, 0) is 16.6 Å². The van der Waals surface area contributed by atoms with E-state index in [2.05, 4.69) is 5.32 Å². The molecular weight excluding hydrogens is 284 g/mol. The van der Waals surface area contributed by atoms with Crippen molar-refractivity contribution in [2.24, 2.45) is 5.92 Å². The second-order valence-corrected chi connectivity index (χ2v) is 8.60. The van der Waals surface area contributed by atoms with Crippen LogP contribution in [0.1, 0.15) is 37.7 Å². The Balaban J connectivity index is 1.55. The molecule has 4 nitrogen and oxygen atoms in total. The molecule has 114 valence electrons. The molecule has 1 aromatic rings. The monoisotopic (exact) mass is 306 g/mol. The molecule has 3 fully saturated rings. The zero-order valence-electron chi connectivity index (χ0n) is 12.2. The Kier molecular flexibility index (Phi) is 3.32. The third-order valence-electron chi connectivity index (χ3n) is 5.04.